The molecule has 0 bridgehead atoms. The van der Waals surface area contributed by atoms with Crippen LogP contribution in [0.1, 0.15) is 35.7 Å². The molecule has 0 aliphatic rings. The molecule has 0 amide bonds. The van der Waals surface area contributed by atoms with Crippen LogP contribution in [0.2, 0.25) is 0 Å². The van der Waals surface area contributed by atoms with Gasteiger partial charge in [-0.25, -0.2) is 0 Å². The first-order chi connectivity index (χ1) is 5.63. The smallest absolute Gasteiger partial charge is 0.216 e. The normalized spacial score (nSPS) is 10.3. The van der Waals surface area contributed by atoms with Gasteiger partial charge in [0.15, 0.2) is 0 Å². The largest absolute Gasteiger partial charge is 0.282 e. The van der Waals surface area contributed by atoms with Crippen LogP contribution in [0.3, 0.4) is 0 Å². The van der Waals surface area contributed by atoms with Crippen LogP contribution < -0.4 is 0 Å². The lowest BCUT2D eigenvalue weighted by Gasteiger charge is -2.08. The van der Waals surface area contributed by atoms with Crippen molar-refractivity contribution in [3.8, 4) is 0 Å². The molecule has 1 rings (SSSR count). The van der Waals surface area contributed by atoms with Crippen LogP contribution in [0.15, 0.2) is 24.3 Å². The molecule has 12 heavy (non-hydrogen) atoms. The number of benzene rings is 1. The number of hydrogen-bond donors (Lipinski definition) is 1. The predicted octanol–water partition coefficient (Wildman–Crippen LogP) is 2.88. The van der Waals surface area contributed by atoms with Gasteiger partial charge in [0.25, 0.3) is 0 Å². The van der Waals surface area contributed by atoms with Gasteiger partial charge in [0.2, 0.25) is 5.12 Å². The molecule has 0 saturated carbocycles. The summed E-state index contributed by atoms with van der Waals surface area (Å²) in [5, 5.41) is -0.153. The molecule has 0 heterocycles. The van der Waals surface area contributed by atoms with Gasteiger partial charge in [0, 0.05) is 5.56 Å². The van der Waals surface area contributed by atoms with Crippen molar-refractivity contribution in [3.05, 3.63) is 35.4 Å². The van der Waals surface area contributed by atoms with E-state index in [4.69, 9.17) is 0 Å². The van der Waals surface area contributed by atoms with E-state index in [2.05, 4.69) is 26.5 Å². The minimum atomic E-state index is -0.153. The van der Waals surface area contributed by atoms with E-state index in [0.717, 1.165) is 11.1 Å². The van der Waals surface area contributed by atoms with E-state index >= 15 is 0 Å². The second kappa shape index (κ2) is 3.76. The van der Waals surface area contributed by atoms with Crippen LogP contribution in [0.25, 0.3) is 0 Å². The minimum Gasteiger partial charge on any atom is -0.282 e. The van der Waals surface area contributed by atoms with Crippen molar-refractivity contribution >= 4 is 17.7 Å². The maximum Gasteiger partial charge on any atom is 0.216 e. The molecule has 1 nitrogen and oxygen atoms in total. The van der Waals surface area contributed by atoms with E-state index in [-0.39, 0.29) is 5.12 Å². The van der Waals surface area contributed by atoms with Crippen LogP contribution in [-0.2, 0) is 0 Å². The molecule has 0 N–H and O–H groups in total. The van der Waals surface area contributed by atoms with Crippen LogP contribution in [0, 0.1) is 0 Å². The van der Waals surface area contributed by atoms with Crippen LogP contribution >= 0.6 is 12.6 Å². The molecule has 1 aromatic rings. The molecule has 0 fully saturated rings. The van der Waals surface area contributed by atoms with Crippen LogP contribution in [0.5, 0.6) is 0 Å². The summed E-state index contributed by atoms with van der Waals surface area (Å²) in [7, 11) is 0. The van der Waals surface area contributed by atoms with E-state index in [1.54, 1.807) is 0 Å². The van der Waals surface area contributed by atoms with Gasteiger partial charge >= 0.3 is 0 Å². The summed E-state index contributed by atoms with van der Waals surface area (Å²) in [5.74, 6) is 0.372. The summed E-state index contributed by atoms with van der Waals surface area (Å²) in [6.45, 7) is 4.13. The third-order valence-electron chi connectivity index (χ3n) is 1.81. The first-order valence-electron chi connectivity index (χ1n) is 3.95. The second-order valence-corrected chi connectivity index (χ2v) is 3.45. The zero-order chi connectivity index (χ0) is 9.14. The van der Waals surface area contributed by atoms with E-state index in [0.29, 0.717) is 5.92 Å². The number of hydrogen-bond acceptors (Lipinski definition) is 1. The molecule has 0 spiro atoms. The molecule has 0 aromatic heterocycles. The van der Waals surface area contributed by atoms with Crippen LogP contribution in [0.4, 0.5) is 0 Å². The Bertz CT molecular complexity index is 292. The lowest BCUT2D eigenvalue weighted by atomic mass is 9.98. The first-order valence-corrected chi connectivity index (χ1v) is 4.40. The summed E-state index contributed by atoms with van der Waals surface area (Å²) >= 11 is 3.81. The predicted molar refractivity (Wildman–Crippen MR) is 53.8 cm³/mol. The molecule has 1 aromatic carbocycles. The van der Waals surface area contributed by atoms with Gasteiger partial charge in [-0.15, -0.1) is 12.6 Å². The Hall–Kier alpha value is -0.760. The number of thiol groups is 1. The Labute approximate surface area is 78.2 Å². The number of carbonyl (C=O) groups excluding carboxylic acids is 1. The highest BCUT2D eigenvalue weighted by Gasteiger charge is 2.08. The summed E-state index contributed by atoms with van der Waals surface area (Å²) in [6, 6.07) is 7.57. The zero-order valence-corrected chi connectivity index (χ0v) is 8.14. The Balaban J connectivity index is 3.17. The molecule has 64 valence electrons. The first kappa shape index (κ1) is 9.33. The molecule has 0 saturated heterocycles. The molecular weight excluding hydrogens is 168 g/mol. The molecule has 0 aliphatic carbocycles. The van der Waals surface area contributed by atoms with Crippen molar-refractivity contribution in [3.63, 3.8) is 0 Å². The Morgan fingerprint density at radius 3 is 2.33 bits per heavy atom. The van der Waals surface area contributed by atoms with E-state index in [1.165, 1.54) is 0 Å². The molecule has 0 atom stereocenters. The molecular formula is C10H12OS. The summed E-state index contributed by atoms with van der Waals surface area (Å²) < 4.78 is 0. The monoisotopic (exact) mass is 180 g/mol. The highest BCUT2D eigenvalue weighted by atomic mass is 32.1. The van der Waals surface area contributed by atoms with Crippen LogP contribution in [-0.4, -0.2) is 5.12 Å². The van der Waals surface area contributed by atoms with Gasteiger partial charge in [-0.1, -0.05) is 38.1 Å². The van der Waals surface area contributed by atoms with Crippen molar-refractivity contribution in [2.45, 2.75) is 19.8 Å². The van der Waals surface area contributed by atoms with Crippen molar-refractivity contribution in [1.82, 2.24) is 0 Å². The third kappa shape index (κ3) is 1.89. The maximum atomic E-state index is 11.0. The van der Waals surface area contributed by atoms with Crippen molar-refractivity contribution in [1.29, 1.82) is 0 Å². The molecule has 0 aliphatic heterocycles. The lowest BCUT2D eigenvalue weighted by Crippen LogP contribution is -1.98. The highest BCUT2D eigenvalue weighted by Crippen LogP contribution is 2.20. The minimum absolute atomic E-state index is 0.153. The van der Waals surface area contributed by atoms with Gasteiger partial charge in [-0.2, -0.15) is 0 Å². The van der Waals surface area contributed by atoms with E-state index in [9.17, 15) is 4.79 Å². The fourth-order valence-electron chi connectivity index (χ4n) is 1.20. The maximum absolute atomic E-state index is 11.0. The van der Waals surface area contributed by atoms with Gasteiger partial charge < -0.3 is 0 Å². The SMILES string of the molecule is CC(C)c1ccccc1C(=O)S. The molecule has 0 radical (unpaired) electrons. The fraction of sp³-hybridized carbons (Fsp3) is 0.300. The van der Waals surface area contributed by atoms with Gasteiger partial charge in [-0.3, -0.25) is 4.79 Å². The number of carbonyl (C=O) groups is 1. The van der Waals surface area contributed by atoms with Crippen molar-refractivity contribution < 1.29 is 4.79 Å². The Kier molecular flexibility index (Phi) is 2.93. The Morgan fingerprint density at radius 1 is 1.33 bits per heavy atom. The standard InChI is InChI=1S/C10H12OS/c1-7(2)8-5-3-4-6-9(8)10(11)12/h3-7H,1-2H3,(H,11,12). The number of rotatable bonds is 2. The lowest BCUT2D eigenvalue weighted by molar-refractivity contribution is 0.109. The van der Waals surface area contributed by atoms with Gasteiger partial charge in [-0.05, 0) is 11.5 Å². The van der Waals surface area contributed by atoms with E-state index in [1.807, 2.05) is 24.3 Å². The summed E-state index contributed by atoms with van der Waals surface area (Å²) in [6.07, 6.45) is 0. The Morgan fingerprint density at radius 2 is 1.92 bits per heavy atom. The summed E-state index contributed by atoms with van der Waals surface area (Å²) in [5.41, 5.74) is 1.79. The van der Waals surface area contributed by atoms with Crippen molar-refractivity contribution in [2.24, 2.45) is 0 Å². The van der Waals surface area contributed by atoms with Gasteiger partial charge in [0.05, 0.1) is 0 Å². The third-order valence-corrected chi connectivity index (χ3v) is 2.05. The zero-order valence-electron chi connectivity index (χ0n) is 7.24. The average molecular weight is 180 g/mol. The van der Waals surface area contributed by atoms with Crippen molar-refractivity contribution in [2.75, 3.05) is 0 Å². The quantitative estimate of drug-likeness (QED) is 0.692. The molecule has 2 heteroatoms. The summed E-state index contributed by atoms with van der Waals surface area (Å²) in [4.78, 5) is 11.0. The highest BCUT2D eigenvalue weighted by molar-refractivity contribution is 7.97. The fourth-order valence-corrected chi connectivity index (χ4v) is 1.40. The topological polar surface area (TPSA) is 17.1 Å². The molecule has 0 unspecified atom stereocenters. The van der Waals surface area contributed by atoms with E-state index < -0.39 is 0 Å². The second-order valence-electron chi connectivity index (χ2n) is 3.05. The average Bonchev–Trinajstić information content (AvgIpc) is 2.04. The van der Waals surface area contributed by atoms with Gasteiger partial charge in [0.1, 0.15) is 0 Å².